The summed E-state index contributed by atoms with van der Waals surface area (Å²) in [4.78, 5) is 24.2. The molecular formula is C12H21NO4. The van der Waals surface area contributed by atoms with Crippen LogP contribution in [0.1, 0.15) is 39.5 Å². The standard InChI is InChI=1S/C12H21NO4/c1-9(2)17-8-4-6-11(14)13-7-3-5-10(13)12(15)16/h9-10H,3-8H2,1-2H3,(H,15,16). The van der Waals surface area contributed by atoms with Crippen LogP contribution in [0.25, 0.3) is 0 Å². The zero-order valence-electron chi connectivity index (χ0n) is 10.5. The third-order valence-electron chi connectivity index (χ3n) is 2.84. The molecule has 1 unspecified atom stereocenters. The van der Waals surface area contributed by atoms with Crippen LogP contribution < -0.4 is 0 Å². The minimum Gasteiger partial charge on any atom is -0.480 e. The molecule has 1 saturated heterocycles. The van der Waals surface area contributed by atoms with Gasteiger partial charge < -0.3 is 14.7 Å². The van der Waals surface area contributed by atoms with Crippen molar-refractivity contribution < 1.29 is 19.4 Å². The van der Waals surface area contributed by atoms with E-state index in [0.717, 1.165) is 6.42 Å². The molecule has 0 radical (unpaired) electrons. The Labute approximate surface area is 102 Å². The summed E-state index contributed by atoms with van der Waals surface area (Å²) in [6, 6.07) is -0.617. The summed E-state index contributed by atoms with van der Waals surface area (Å²) in [7, 11) is 0. The van der Waals surface area contributed by atoms with Gasteiger partial charge in [-0.2, -0.15) is 0 Å². The normalized spacial score (nSPS) is 19.9. The summed E-state index contributed by atoms with van der Waals surface area (Å²) >= 11 is 0. The summed E-state index contributed by atoms with van der Waals surface area (Å²) in [5.74, 6) is -0.962. The van der Waals surface area contributed by atoms with Gasteiger partial charge in [0.1, 0.15) is 6.04 Å². The molecule has 0 aromatic rings. The molecule has 1 aliphatic rings. The Balaban J connectivity index is 2.29. The van der Waals surface area contributed by atoms with E-state index in [-0.39, 0.29) is 12.0 Å². The van der Waals surface area contributed by atoms with Gasteiger partial charge in [0.25, 0.3) is 0 Å². The van der Waals surface area contributed by atoms with Crippen LogP contribution in [0.3, 0.4) is 0 Å². The number of amides is 1. The van der Waals surface area contributed by atoms with Crippen LogP contribution in [0.15, 0.2) is 0 Å². The molecule has 17 heavy (non-hydrogen) atoms. The van der Waals surface area contributed by atoms with Gasteiger partial charge in [-0.15, -0.1) is 0 Å². The summed E-state index contributed by atoms with van der Waals surface area (Å²) < 4.78 is 5.34. The molecule has 0 aliphatic carbocycles. The lowest BCUT2D eigenvalue weighted by Gasteiger charge is -2.21. The largest absolute Gasteiger partial charge is 0.480 e. The average molecular weight is 243 g/mol. The third-order valence-corrected chi connectivity index (χ3v) is 2.84. The van der Waals surface area contributed by atoms with E-state index in [1.807, 2.05) is 13.8 Å². The molecule has 0 aromatic carbocycles. The van der Waals surface area contributed by atoms with Crippen molar-refractivity contribution in [1.29, 1.82) is 0 Å². The number of hydrogen-bond donors (Lipinski definition) is 1. The maximum absolute atomic E-state index is 11.8. The van der Waals surface area contributed by atoms with Gasteiger partial charge in [-0.25, -0.2) is 4.79 Å². The number of ether oxygens (including phenoxy) is 1. The van der Waals surface area contributed by atoms with Crippen molar-refractivity contribution in [3.8, 4) is 0 Å². The van der Waals surface area contributed by atoms with E-state index in [9.17, 15) is 9.59 Å². The van der Waals surface area contributed by atoms with Crippen molar-refractivity contribution >= 4 is 11.9 Å². The van der Waals surface area contributed by atoms with Gasteiger partial charge in [0, 0.05) is 19.6 Å². The Kier molecular flexibility index (Phi) is 5.41. The second kappa shape index (κ2) is 6.59. The molecule has 1 N–H and O–H groups in total. The number of carboxylic acids is 1. The number of hydrogen-bond acceptors (Lipinski definition) is 3. The molecule has 0 saturated carbocycles. The maximum atomic E-state index is 11.8. The molecule has 1 fully saturated rings. The molecule has 0 aromatic heterocycles. The fraction of sp³-hybridized carbons (Fsp3) is 0.833. The summed E-state index contributed by atoms with van der Waals surface area (Å²) in [5.41, 5.74) is 0. The minimum absolute atomic E-state index is 0.0674. The first-order chi connectivity index (χ1) is 8.02. The Morgan fingerprint density at radius 1 is 1.47 bits per heavy atom. The number of nitrogens with zero attached hydrogens (tertiary/aromatic N) is 1. The van der Waals surface area contributed by atoms with Crippen molar-refractivity contribution in [2.24, 2.45) is 0 Å². The zero-order valence-corrected chi connectivity index (χ0v) is 10.5. The fourth-order valence-corrected chi connectivity index (χ4v) is 2.01. The Bertz CT molecular complexity index is 278. The first kappa shape index (κ1) is 14.0. The van der Waals surface area contributed by atoms with Crippen LogP contribution in [0, 0.1) is 0 Å². The van der Waals surface area contributed by atoms with E-state index in [1.165, 1.54) is 4.90 Å². The van der Waals surface area contributed by atoms with Crippen LogP contribution >= 0.6 is 0 Å². The van der Waals surface area contributed by atoms with E-state index in [4.69, 9.17) is 9.84 Å². The molecule has 1 heterocycles. The summed E-state index contributed by atoms with van der Waals surface area (Å²) in [6.07, 6.45) is 2.55. The number of carbonyl (C=O) groups is 2. The molecule has 0 spiro atoms. The van der Waals surface area contributed by atoms with Gasteiger partial charge in [0.2, 0.25) is 5.91 Å². The highest BCUT2D eigenvalue weighted by Gasteiger charge is 2.33. The Morgan fingerprint density at radius 3 is 2.76 bits per heavy atom. The second-order valence-corrected chi connectivity index (χ2v) is 4.61. The van der Waals surface area contributed by atoms with Gasteiger partial charge in [0.05, 0.1) is 6.10 Å². The minimum atomic E-state index is -0.894. The van der Waals surface area contributed by atoms with Gasteiger partial charge in [-0.1, -0.05) is 0 Å². The summed E-state index contributed by atoms with van der Waals surface area (Å²) in [6.45, 7) is 5.02. The average Bonchev–Trinajstić information content (AvgIpc) is 2.72. The second-order valence-electron chi connectivity index (χ2n) is 4.61. The quantitative estimate of drug-likeness (QED) is 0.713. The molecule has 0 bridgehead atoms. The van der Waals surface area contributed by atoms with Crippen LogP contribution in [0.5, 0.6) is 0 Å². The highest BCUT2D eigenvalue weighted by Crippen LogP contribution is 2.18. The van der Waals surface area contributed by atoms with E-state index in [1.54, 1.807) is 0 Å². The van der Waals surface area contributed by atoms with Crippen LogP contribution in [-0.2, 0) is 14.3 Å². The smallest absolute Gasteiger partial charge is 0.326 e. The predicted molar refractivity (Wildman–Crippen MR) is 62.7 cm³/mol. The van der Waals surface area contributed by atoms with Crippen molar-refractivity contribution in [2.75, 3.05) is 13.2 Å². The topological polar surface area (TPSA) is 66.8 Å². The number of aliphatic carboxylic acids is 1. The highest BCUT2D eigenvalue weighted by molar-refractivity contribution is 5.84. The molecule has 1 aliphatic heterocycles. The number of carboxylic acid groups (broad SMARTS) is 1. The molecule has 1 amide bonds. The third kappa shape index (κ3) is 4.34. The molecule has 98 valence electrons. The Hall–Kier alpha value is -1.10. The lowest BCUT2D eigenvalue weighted by Crippen LogP contribution is -2.40. The monoisotopic (exact) mass is 243 g/mol. The molecule has 1 atom stereocenters. The first-order valence-corrected chi connectivity index (χ1v) is 6.16. The molecule has 5 heteroatoms. The van der Waals surface area contributed by atoms with E-state index < -0.39 is 12.0 Å². The van der Waals surface area contributed by atoms with Gasteiger partial charge >= 0.3 is 5.97 Å². The van der Waals surface area contributed by atoms with Gasteiger partial charge in [-0.05, 0) is 33.1 Å². The van der Waals surface area contributed by atoms with E-state index in [0.29, 0.717) is 32.4 Å². The highest BCUT2D eigenvalue weighted by atomic mass is 16.5. The van der Waals surface area contributed by atoms with Gasteiger partial charge in [0.15, 0.2) is 0 Å². The Morgan fingerprint density at radius 2 is 2.18 bits per heavy atom. The van der Waals surface area contributed by atoms with Crippen molar-refractivity contribution in [1.82, 2.24) is 4.90 Å². The lowest BCUT2D eigenvalue weighted by atomic mass is 10.2. The van der Waals surface area contributed by atoms with E-state index in [2.05, 4.69) is 0 Å². The number of likely N-dealkylation sites (tertiary alicyclic amines) is 1. The van der Waals surface area contributed by atoms with Crippen molar-refractivity contribution in [2.45, 2.75) is 51.7 Å². The van der Waals surface area contributed by atoms with Crippen LogP contribution in [0.4, 0.5) is 0 Å². The lowest BCUT2D eigenvalue weighted by molar-refractivity contribution is -0.148. The number of rotatable bonds is 6. The van der Waals surface area contributed by atoms with Gasteiger partial charge in [-0.3, -0.25) is 4.79 Å². The zero-order chi connectivity index (χ0) is 12.8. The SMILES string of the molecule is CC(C)OCCCC(=O)N1CCCC1C(=O)O. The fourth-order valence-electron chi connectivity index (χ4n) is 2.01. The summed E-state index contributed by atoms with van der Waals surface area (Å²) in [5, 5.41) is 8.96. The number of carbonyl (C=O) groups excluding carboxylic acids is 1. The molecular weight excluding hydrogens is 222 g/mol. The van der Waals surface area contributed by atoms with Crippen LogP contribution in [-0.4, -0.2) is 47.2 Å². The maximum Gasteiger partial charge on any atom is 0.326 e. The first-order valence-electron chi connectivity index (χ1n) is 6.16. The molecule has 1 rings (SSSR count). The van der Waals surface area contributed by atoms with E-state index >= 15 is 0 Å². The van der Waals surface area contributed by atoms with Crippen molar-refractivity contribution in [3.63, 3.8) is 0 Å². The molecule has 5 nitrogen and oxygen atoms in total. The predicted octanol–water partition coefficient (Wildman–Crippen LogP) is 1.27. The van der Waals surface area contributed by atoms with Crippen LogP contribution in [0.2, 0.25) is 0 Å². The van der Waals surface area contributed by atoms with Crippen molar-refractivity contribution in [3.05, 3.63) is 0 Å².